The van der Waals surface area contributed by atoms with Crippen LogP contribution in [0.4, 0.5) is 0 Å². The van der Waals surface area contributed by atoms with Crippen LogP contribution < -0.4 is 18.9 Å². The molecular formula is C25H22O5. The Kier molecular flexibility index (Phi) is 5.44. The molecule has 3 aromatic rings. The minimum Gasteiger partial charge on any atom is -0.497 e. The Morgan fingerprint density at radius 1 is 0.933 bits per heavy atom. The molecule has 1 aliphatic heterocycles. The summed E-state index contributed by atoms with van der Waals surface area (Å²) in [4.78, 5) is 12.8. The fourth-order valence-electron chi connectivity index (χ4n) is 3.27. The molecule has 0 bridgehead atoms. The summed E-state index contributed by atoms with van der Waals surface area (Å²) in [7, 11) is 3.16. The van der Waals surface area contributed by atoms with Crippen molar-refractivity contribution >= 4 is 11.9 Å². The van der Waals surface area contributed by atoms with Gasteiger partial charge in [0.15, 0.2) is 5.76 Å². The van der Waals surface area contributed by atoms with Crippen LogP contribution >= 0.6 is 0 Å². The molecule has 0 radical (unpaired) electrons. The molecule has 0 atom stereocenters. The first-order valence-corrected chi connectivity index (χ1v) is 9.56. The molecule has 0 unspecified atom stereocenters. The summed E-state index contributed by atoms with van der Waals surface area (Å²) in [6.07, 6.45) is 1.68. The van der Waals surface area contributed by atoms with Crippen molar-refractivity contribution in [3.8, 4) is 23.0 Å². The van der Waals surface area contributed by atoms with E-state index in [-0.39, 0.29) is 11.5 Å². The van der Waals surface area contributed by atoms with Crippen LogP contribution in [0.25, 0.3) is 6.08 Å². The summed E-state index contributed by atoms with van der Waals surface area (Å²) in [6.45, 7) is 2.50. The molecule has 5 heteroatoms. The number of benzene rings is 3. The van der Waals surface area contributed by atoms with Crippen molar-refractivity contribution in [3.05, 3.63) is 88.7 Å². The van der Waals surface area contributed by atoms with Crippen molar-refractivity contribution < 1.29 is 23.7 Å². The molecule has 0 saturated heterocycles. The molecule has 1 aliphatic rings. The fraction of sp³-hybridized carbons (Fsp3) is 0.160. The van der Waals surface area contributed by atoms with Crippen LogP contribution in [0.2, 0.25) is 0 Å². The lowest BCUT2D eigenvalue weighted by atomic mass is 10.1. The maximum Gasteiger partial charge on any atom is 0.231 e. The van der Waals surface area contributed by atoms with Crippen molar-refractivity contribution in [2.24, 2.45) is 0 Å². The maximum atomic E-state index is 12.8. The van der Waals surface area contributed by atoms with E-state index in [1.807, 2.05) is 37.3 Å². The van der Waals surface area contributed by atoms with Gasteiger partial charge >= 0.3 is 0 Å². The van der Waals surface area contributed by atoms with E-state index in [0.717, 1.165) is 11.1 Å². The van der Waals surface area contributed by atoms with E-state index < -0.39 is 0 Å². The van der Waals surface area contributed by atoms with Gasteiger partial charge in [-0.2, -0.15) is 0 Å². The Hall–Kier alpha value is -3.73. The maximum absolute atomic E-state index is 12.8. The SMILES string of the molecule is COc1ccc(/C=C2\Oc3cc(OCc4ccccc4C)ccc3C2=O)c(OC)c1. The summed E-state index contributed by atoms with van der Waals surface area (Å²) in [5.41, 5.74) is 3.52. The van der Waals surface area contributed by atoms with Crippen molar-refractivity contribution in [2.75, 3.05) is 14.2 Å². The zero-order chi connectivity index (χ0) is 21.1. The fourth-order valence-corrected chi connectivity index (χ4v) is 3.27. The van der Waals surface area contributed by atoms with Crippen molar-refractivity contribution in [2.45, 2.75) is 13.5 Å². The summed E-state index contributed by atoms with van der Waals surface area (Å²) < 4.78 is 22.4. The highest BCUT2D eigenvalue weighted by atomic mass is 16.5. The molecule has 4 rings (SSSR count). The lowest BCUT2D eigenvalue weighted by Crippen LogP contribution is -1.99. The number of allylic oxidation sites excluding steroid dienone is 1. The lowest BCUT2D eigenvalue weighted by molar-refractivity contribution is 0.101. The highest BCUT2D eigenvalue weighted by molar-refractivity contribution is 6.14. The molecule has 152 valence electrons. The predicted molar refractivity (Wildman–Crippen MR) is 114 cm³/mol. The normalized spacial score (nSPS) is 13.7. The van der Waals surface area contributed by atoms with Crippen LogP contribution in [0.3, 0.4) is 0 Å². The number of hydrogen-bond donors (Lipinski definition) is 0. The molecule has 0 fully saturated rings. The van der Waals surface area contributed by atoms with Gasteiger partial charge in [0.25, 0.3) is 0 Å². The van der Waals surface area contributed by atoms with Crippen molar-refractivity contribution in [3.63, 3.8) is 0 Å². The Balaban J connectivity index is 1.54. The second-order valence-corrected chi connectivity index (χ2v) is 6.92. The molecule has 0 N–H and O–H groups in total. The highest BCUT2D eigenvalue weighted by Crippen LogP contribution is 2.36. The van der Waals surface area contributed by atoms with Gasteiger partial charge in [0, 0.05) is 17.7 Å². The molecular weight excluding hydrogens is 380 g/mol. The molecule has 5 nitrogen and oxygen atoms in total. The van der Waals surface area contributed by atoms with Crippen LogP contribution in [0.15, 0.2) is 66.4 Å². The molecule has 0 aromatic heterocycles. The third kappa shape index (κ3) is 3.87. The zero-order valence-corrected chi connectivity index (χ0v) is 17.1. The standard InChI is InChI=1S/C25H22O5/c1-16-6-4-5-7-18(16)15-29-20-10-11-21-23(14-20)30-24(25(21)26)12-17-8-9-19(27-2)13-22(17)28-3/h4-14H,15H2,1-3H3/b24-12-. The van der Waals surface area contributed by atoms with E-state index in [0.29, 0.717) is 35.2 Å². The molecule has 3 aromatic carbocycles. The number of carbonyl (C=O) groups is 1. The van der Waals surface area contributed by atoms with Gasteiger partial charge in [0.2, 0.25) is 5.78 Å². The Morgan fingerprint density at radius 3 is 2.50 bits per heavy atom. The second kappa shape index (κ2) is 8.33. The zero-order valence-electron chi connectivity index (χ0n) is 17.1. The minimum atomic E-state index is -0.173. The van der Waals surface area contributed by atoms with Gasteiger partial charge in [0.1, 0.15) is 29.6 Å². The van der Waals surface area contributed by atoms with Crippen LogP contribution in [0.5, 0.6) is 23.0 Å². The van der Waals surface area contributed by atoms with E-state index in [1.54, 1.807) is 50.6 Å². The van der Waals surface area contributed by atoms with E-state index in [4.69, 9.17) is 18.9 Å². The molecule has 0 saturated carbocycles. The molecule has 0 aliphatic carbocycles. The smallest absolute Gasteiger partial charge is 0.231 e. The number of Topliss-reactive ketones (excluding diaryl/α,β-unsaturated/α-hetero) is 1. The van der Waals surface area contributed by atoms with Gasteiger partial charge < -0.3 is 18.9 Å². The number of fused-ring (bicyclic) bond motifs is 1. The van der Waals surface area contributed by atoms with Crippen LogP contribution in [-0.2, 0) is 6.61 Å². The summed E-state index contributed by atoms with van der Waals surface area (Å²) >= 11 is 0. The third-order valence-corrected chi connectivity index (χ3v) is 5.02. The topological polar surface area (TPSA) is 54.0 Å². The Bertz CT molecular complexity index is 1130. The summed E-state index contributed by atoms with van der Waals surface area (Å²) in [5, 5.41) is 0. The quantitative estimate of drug-likeness (QED) is 0.530. The first-order chi connectivity index (χ1) is 14.6. The highest BCUT2D eigenvalue weighted by Gasteiger charge is 2.28. The number of aryl methyl sites for hydroxylation is 1. The van der Waals surface area contributed by atoms with Crippen LogP contribution in [0.1, 0.15) is 27.0 Å². The average molecular weight is 402 g/mol. The van der Waals surface area contributed by atoms with E-state index >= 15 is 0 Å². The van der Waals surface area contributed by atoms with Crippen LogP contribution in [0, 0.1) is 6.92 Å². The third-order valence-electron chi connectivity index (χ3n) is 5.02. The number of hydrogen-bond acceptors (Lipinski definition) is 5. The van der Waals surface area contributed by atoms with Gasteiger partial charge in [-0.3, -0.25) is 4.79 Å². The van der Waals surface area contributed by atoms with E-state index in [9.17, 15) is 4.79 Å². The number of carbonyl (C=O) groups excluding carboxylic acids is 1. The molecule has 1 heterocycles. The van der Waals surface area contributed by atoms with Gasteiger partial charge in [-0.15, -0.1) is 0 Å². The van der Waals surface area contributed by atoms with Crippen molar-refractivity contribution in [1.29, 1.82) is 0 Å². The number of ketones is 1. The Morgan fingerprint density at radius 2 is 1.73 bits per heavy atom. The number of rotatable bonds is 6. The van der Waals surface area contributed by atoms with Crippen molar-refractivity contribution in [1.82, 2.24) is 0 Å². The number of ether oxygens (including phenoxy) is 4. The largest absolute Gasteiger partial charge is 0.497 e. The second-order valence-electron chi connectivity index (χ2n) is 6.92. The number of methoxy groups -OCH3 is 2. The first-order valence-electron chi connectivity index (χ1n) is 9.56. The van der Waals surface area contributed by atoms with Gasteiger partial charge in [-0.25, -0.2) is 0 Å². The van der Waals surface area contributed by atoms with Gasteiger partial charge in [-0.1, -0.05) is 24.3 Å². The molecule has 0 amide bonds. The Labute approximate surface area is 175 Å². The van der Waals surface area contributed by atoms with Crippen LogP contribution in [-0.4, -0.2) is 20.0 Å². The summed E-state index contributed by atoms with van der Waals surface area (Å²) in [6, 6.07) is 18.7. The monoisotopic (exact) mass is 402 g/mol. The van der Waals surface area contributed by atoms with E-state index in [2.05, 4.69) is 0 Å². The summed E-state index contributed by atoms with van der Waals surface area (Å²) in [5.74, 6) is 2.47. The molecule has 30 heavy (non-hydrogen) atoms. The average Bonchev–Trinajstić information content (AvgIpc) is 3.08. The minimum absolute atomic E-state index is 0.173. The van der Waals surface area contributed by atoms with E-state index in [1.165, 1.54) is 5.56 Å². The van der Waals surface area contributed by atoms with Gasteiger partial charge in [0.05, 0.1) is 19.8 Å². The van der Waals surface area contributed by atoms with Gasteiger partial charge in [-0.05, 0) is 48.4 Å². The molecule has 0 spiro atoms. The first kappa shape index (κ1) is 19.6. The predicted octanol–water partition coefficient (Wildman–Crippen LogP) is 5.21. The lowest BCUT2D eigenvalue weighted by Gasteiger charge is -2.09.